The first-order valence-electron chi connectivity index (χ1n) is 5.00. The average Bonchev–Trinajstić information content (AvgIpc) is 2.21. The average molecular weight is 296 g/mol. The number of pyridine rings is 1. The van der Waals surface area contributed by atoms with Crippen molar-refractivity contribution in [2.24, 2.45) is 0 Å². The van der Waals surface area contributed by atoms with E-state index in [0.717, 1.165) is 10.0 Å². The highest BCUT2D eigenvalue weighted by Gasteiger charge is 2.04. The molecular weight excluding hydrogens is 285 g/mol. The number of aryl methyl sites for hydroxylation is 1. The number of halogens is 2. The lowest BCUT2D eigenvalue weighted by molar-refractivity contribution is 0.627. The van der Waals surface area contributed by atoms with Crippen LogP contribution in [-0.4, -0.2) is 4.98 Å². The van der Waals surface area contributed by atoms with Gasteiger partial charge in [-0.1, -0.05) is 0 Å². The number of aromatic nitrogens is 1. The zero-order chi connectivity index (χ0) is 12.4. The Morgan fingerprint density at radius 3 is 2.71 bits per heavy atom. The monoisotopic (exact) mass is 295 g/mol. The molecule has 0 radical (unpaired) electrons. The van der Waals surface area contributed by atoms with Crippen molar-refractivity contribution in [3.05, 3.63) is 46.3 Å². The molecule has 0 spiro atoms. The molecule has 1 heterocycles. The van der Waals surface area contributed by atoms with Crippen LogP contribution in [0.3, 0.4) is 0 Å². The lowest BCUT2D eigenvalue weighted by Crippen LogP contribution is -1.97. The molecule has 2 aromatic rings. The van der Waals surface area contributed by atoms with E-state index in [1.54, 1.807) is 12.3 Å². The predicted octanol–water partition coefficient (Wildman–Crippen LogP) is 3.62. The van der Waals surface area contributed by atoms with Gasteiger partial charge in [0.05, 0.1) is 16.4 Å². The molecule has 3 N–H and O–H groups in total. The molecule has 0 atom stereocenters. The van der Waals surface area contributed by atoms with Crippen molar-refractivity contribution >= 4 is 33.1 Å². The van der Waals surface area contributed by atoms with Gasteiger partial charge in [-0.2, -0.15) is 0 Å². The highest BCUT2D eigenvalue weighted by atomic mass is 79.9. The fourth-order valence-corrected chi connectivity index (χ4v) is 1.96. The second-order valence-corrected chi connectivity index (χ2v) is 4.60. The maximum absolute atomic E-state index is 13.2. The van der Waals surface area contributed by atoms with Crippen molar-refractivity contribution < 1.29 is 4.39 Å². The third kappa shape index (κ3) is 2.94. The summed E-state index contributed by atoms with van der Waals surface area (Å²) in [6.45, 7) is 1.83. The number of anilines is 3. The number of nitrogen functional groups attached to an aromatic ring is 1. The number of nitrogens with one attached hydrogen (secondary N) is 1. The van der Waals surface area contributed by atoms with Crippen molar-refractivity contribution in [2.75, 3.05) is 11.1 Å². The Labute approximate surface area is 107 Å². The molecule has 3 nitrogen and oxygen atoms in total. The largest absolute Gasteiger partial charge is 0.397 e. The van der Waals surface area contributed by atoms with Crippen LogP contribution in [0.25, 0.3) is 0 Å². The molecule has 0 unspecified atom stereocenters. The van der Waals surface area contributed by atoms with Crippen molar-refractivity contribution in [3.63, 3.8) is 0 Å². The summed E-state index contributed by atoms with van der Waals surface area (Å²) in [5.74, 6) is 0.322. The van der Waals surface area contributed by atoms with Crippen molar-refractivity contribution in [1.82, 2.24) is 4.98 Å². The Kier molecular flexibility index (Phi) is 3.28. The van der Waals surface area contributed by atoms with Crippen LogP contribution in [0.1, 0.15) is 5.56 Å². The molecule has 1 aromatic carbocycles. The van der Waals surface area contributed by atoms with E-state index in [9.17, 15) is 4.39 Å². The summed E-state index contributed by atoms with van der Waals surface area (Å²) >= 11 is 3.34. The van der Waals surface area contributed by atoms with Gasteiger partial charge >= 0.3 is 0 Å². The molecule has 0 fully saturated rings. The van der Waals surface area contributed by atoms with Crippen LogP contribution in [-0.2, 0) is 0 Å². The molecule has 0 saturated carbocycles. The maximum Gasteiger partial charge on any atom is 0.144 e. The molecule has 1 aromatic heterocycles. The van der Waals surface area contributed by atoms with Gasteiger partial charge in [0.15, 0.2) is 0 Å². The Morgan fingerprint density at radius 2 is 2.06 bits per heavy atom. The minimum atomic E-state index is -0.279. The highest BCUT2D eigenvalue weighted by molar-refractivity contribution is 9.10. The molecular formula is C12H11BrFN3. The van der Waals surface area contributed by atoms with E-state index in [1.165, 1.54) is 12.1 Å². The van der Waals surface area contributed by atoms with Gasteiger partial charge in [0.25, 0.3) is 0 Å². The Hall–Kier alpha value is -1.62. The van der Waals surface area contributed by atoms with Gasteiger partial charge in [0.2, 0.25) is 0 Å². The van der Waals surface area contributed by atoms with E-state index in [2.05, 4.69) is 26.2 Å². The quantitative estimate of drug-likeness (QED) is 0.890. The predicted molar refractivity (Wildman–Crippen MR) is 70.8 cm³/mol. The first-order chi connectivity index (χ1) is 8.04. The van der Waals surface area contributed by atoms with E-state index < -0.39 is 0 Å². The van der Waals surface area contributed by atoms with E-state index in [4.69, 9.17) is 5.73 Å². The lowest BCUT2D eigenvalue weighted by Gasteiger charge is -2.09. The topological polar surface area (TPSA) is 50.9 Å². The van der Waals surface area contributed by atoms with Crippen LogP contribution < -0.4 is 11.1 Å². The number of nitrogens with zero attached hydrogens (tertiary/aromatic N) is 1. The smallest absolute Gasteiger partial charge is 0.144 e. The number of nitrogens with two attached hydrogens (primary N) is 1. The summed E-state index contributed by atoms with van der Waals surface area (Å²) in [6, 6.07) is 6.46. The molecule has 5 heteroatoms. The van der Waals surface area contributed by atoms with E-state index >= 15 is 0 Å². The minimum Gasteiger partial charge on any atom is -0.397 e. The standard InChI is InChI=1S/C12H11BrFN3/c1-7-2-8(14)4-10(3-7)17-12-11(13)5-9(15)6-16-12/h2-6H,15H2,1H3,(H,16,17). The fraction of sp³-hybridized carbons (Fsp3) is 0.0833. The lowest BCUT2D eigenvalue weighted by atomic mass is 10.2. The highest BCUT2D eigenvalue weighted by Crippen LogP contribution is 2.25. The molecule has 0 saturated heterocycles. The molecule has 88 valence electrons. The Morgan fingerprint density at radius 1 is 1.29 bits per heavy atom. The number of benzene rings is 1. The second-order valence-electron chi connectivity index (χ2n) is 3.74. The normalized spacial score (nSPS) is 10.3. The van der Waals surface area contributed by atoms with Gasteiger partial charge in [-0.25, -0.2) is 9.37 Å². The molecule has 0 aliphatic rings. The van der Waals surface area contributed by atoms with E-state index in [1.807, 2.05) is 13.0 Å². The van der Waals surface area contributed by atoms with Gasteiger partial charge in [-0.15, -0.1) is 0 Å². The van der Waals surface area contributed by atoms with Gasteiger partial charge in [-0.05, 0) is 52.7 Å². The van der Waals surface area contributed by atoms with Crippen molar-refractivity contribution in [3.8, 4) is 0 Å². The molecule has 0 aliphatic heterocycles. The first-order valence-corrected chi connectivity index (χ1v) is 5.79. The van der Waals surface area contributed by atoms with Gasteiger partial charge < -0.3 is 11.1 Å². The van der Waals surface area contributed by atoms with Gasteiger partial charge in [-0.3, -0.25) is 0 Å². The SMILES string of the molecule is Cc1cc(F)cc(Nc2ncc(N)cc2Br)c1. The summed E-state index contributed by atoms with van der Waals surface area (Å²) < 4.78 is 13.9. The molecule has 0 bridgehead atoms. The summed E-state index contributed by atoms with van der Waals surface area (Å²) in [5, 5.41) is 3.03. The zero-order valence-corrected chi connectivity index (χ0v) is 10.8. The fourth-order valence-electron chi connectivity index (χ4n) is 1.49. The van der Waals surface area contributed by atoms with E-state index in [0.29, 0.717) is 17.2 Å². The minimum absolute atomic E-state index is 0.279. The van der Waals surface area contributed by atoms with Crippen LogP contribution in [0.2, 0.25) is 0 Å². The third-order valence-electron chi connectivity index (χ3n) is 2.17. The van der Waals surface area contributed by atoms with Crippen LogP contribution >= 0.6 is 15.9 Å². The molecule has 0 amide bonds. The number of hydrogen-bond acceptors (Lipinski definition) is 3. The third-order valence-corrected chi connectivity index (χ3v) is 2.77. The number of rotatable bonds is 2. The van der Waals surface area contributed by atoms with Gasteiger partial charge in [0.1, 0.15) is 11.6 Å². The molecule has 2 rings (SSSR count). The Balaban J connectivity index is 2.31. The summed E-state index contributed by atoms with van der Waals surface area (Å²) in [6.07, 6.45) is 1.54. The van der Waals surface area contributed by atoms with Crippen molar-refractivity contribution in [1.29, 1.82) is 0 Å². The molecule has 0 aliphatic carbocycles. The Bertz CT molecular complexity index is 537. The summed E-state index contributed by atoms with van der Waals surface area (Å²) in [5.41, 5.74) is 7.66. The summed E-state index contributed by atoms with van der Waals surface area (Å²) in [4.78, 5) is 4.13. The van der Waals surface area contributed by atoms with Crippen LogP contribution in [0.15, 0.2) is 34.9 Å². The van der Waals surface area contributed by atoms with Crippen LogP contribution in [0.4, 0.5) is 21.6 Å². The van der Waals surface area contributed by atoms with Gasteiger partial charge in [0, 0.05) is 5.69 Å². The van der Waals surface area contributed by atoms with Crippen LogP contribution in [0, 0.1) is 12.7 Å². The molecule has 17 heavy (non-hydrogen) atoms. The number of hydrogen-bond donors (Lipinski definition) is 2. The zero-order valence-electron chi connectivity index (χ0n) is 9.17. The van der Waals surface area contributed by atoms with E-state index in [-0.39, 0.29) is 5.82 Å². The van der Waals surface area contributed by atoms with Crippen molar-refractivity contribution in [2.45, 2.75) is 6.92 Å². The summed E-state index contributed by atoms with van der Waals surface area (Å²) in [7, 11) is 0. The van der Waals surface area contributed by atoms with Crippen LogP contribution in [0.5, 0.6) is 0 Å². The first kappa shape index (κ1) is 11.9. The maximum atomic E-state index is 13.2. The second kappa shape index (κ2) is 4.71.